The van der Waals surface area contributed by atoms with Gasteiger partial charge in [-0.25, -0.2) is 0 Å². The summed E-state index contributed by atoms with van der Waals surface area (Å²) in [6.45, 7) is 4.01. The molecular weight excluding hydrogens is 383 g/mol. The average Bonchev–Trinajstić information content (AvgIpc) is 2.93. The summed E-state index contributed by atoms with van der Waals surface area (Å²) in [7, 11) is 0. The average molecular weight is 399 g/mol. The quantitative estimate of drug-likeness (QED) is 0.793. The maximum Gasteiger partial charge on any atom is 0.240 e. The molecule has 1 saturated heterocycles. The van der Waals surface area contributed by atoms with Crippen molar-refractivity contribution in [2.45, 2.75) is 43.1 Å². The lowest BCUT2D eigenvalue weighted by Crippen LogP contribution is -2.42. The smallest absolute Gasteiger partial charge is 0.240 e. The molecule has 1 aromatic heterocycles. The number of halogens is 2. The number of carbonyl (C=O) groups excluding carboxylic acids is 2. The summed E-state index contributed by atoms with van der Waals surface area (Å²) in [6.07, 6.45) is 0.812. The van der Waals surface area contributed by atoms with Crippen molar-refractivity contribution in [1.29, 1.82) is 0 Å². The summed E-state index contributed by atoms with van der Waals surface area (Å²) >= 11 is 13.6. The first-order valence-corrected chi connectivity index (χ1v) is 9.41. The molecule has 6 nitrogen and oxygen atoms in total. The van der Waals surface area contributed by atoms with Crippen LogP contribution in [0.5, 0.6) is 0 Å². The largest absolute Gasteiger partial charge is 0.299 e. The van der Waals surface area contributed by atoms with Crippen molar-refractivity contribution < 1.29 is 9.59 Å². The Labute approximate surface area is 159 Å². The molecular formula is C16H16Cl2N4O2S. The van der Waals surface area contributed by atoms with Gasteiger partial charge in [0, 0.05) is 23.0 Å². The number of hydrogen-bond donors (Lipinski definition) is 1. The number of hydrogen-bond acceptors (Lipinski definition) is 5. The van der Waals surface area contributed by atoms with Gasteiger partial charge in [-0.1, -0.05) is 35.0 Å². The van der Waals surface area contributed by atoms with Gasteiger partial charge >= 0.3 is 0 Å². The predicted molar refractivity (Wildman–Crippen MR) is 97.9 cm³/mol. The molecule has 0 saturated carbocycles. The van der Waals surface area contributed by atoms with Crippen LogP contribution in [0.4, 0.5) is 0 Å². The third kappa shape index (κ3) is 3.83. The van der Waals surface area contributed by atoms with E-state index in [0.717, 1.165) is 5.56 Å². The summed E-state index contributed by atoms with van der Waals surface area (Å²) < 4.78 is 1.93. The van der Waals surface area contributed by atoms with Crippen LogP contribution in [0, 0.1) is 0 Å². The highest BCUT2D eigenvalue weighted by Crippen LogP contribution is 2.35. The number of imide groups is 1. The molecule has 3 rings (SSSR count). The molecule has 1 aromatic carbocycles. The molecule has 132 valence electrons. The maximum atomic E-state index is 12.0. The van der Waals surface area contributed by atoms with Crippen molar-refractivity contribution >= 4 is 46.8 Å². The third-order valence-corrected chi connectivity index (χ3v) is 5.56. The van der Waals surface area contributed by atoms with Crippen LogP contribution in [0.1, 0.15) is 32.7 Å². The van der Waals surface area contributed by atoms with Gasteiger partial charge in [0.1, 0.15) is 0 Å². The van der Waals surface area contributed by atoms with E-state index in [4.69, 9.17) is 23.2 Å². The van der Waals surface area contributed by atoms with E-state index in [1.165, 1.54) is 11.8 Å². The molecule has 2 amide bonds. The monoisotopic (exact) mass is 398 g/mol. The highest BCUT2D eigenvalue weighted by atomic mass is 35.5. The Morgan fingerprint density at radius 1 is 1.28 bits per heavy atom. The van der Waals surface area contributed by atoms with Crippen molar-refractivity contribution in [2.24, 2.45) is 0 Å². The van der Waals surface area contributed by atoms with Gasteiger partial charge in [0.15, 0.2) is 11.0 Å². The van der Waals surface area contributed by atoms with Gasteiger partial charge in [0.05, 0.1) is 10.3 Å². The zero-order chi connectivity index (χ0) is 18.1. The van der Waals surface area contributed by atoms with Crippen LogP contribution in [-0.4, -0.2) is 31.8 Å². The number of aromatic nitrogens is 3. The number of amides is 2. The minimum absolute atomic E-state index is 0.0625. The molecule has 0 spiro atoms. The second kappa shape index (κ2) is 7.35. The fourth-order valence-corrected chi connectivity index (χ4v) is 4.24. The molecule has 1 unspecified atom stereocenters. The maximum absolute atomic E-state index is 12.0. The van der Waals surface area contributed by atoms with E-state index in [-0.39, 0.29) is 23.1 Å². The highest BCUT2D eigenvalue weighted by Gasteiger charge is 2.30. The molecule has 9 heteroatoms. The molecule has 25 heavy (non-hydrogen) atoms. The Balaban J connectivity index is 1.95. The van der Waals surface area contributed by atoms with Gasteiger partial charge in [-0.05, 0) is 38.5 Å². The molecule has 1 aliphatic heterocycles. The lowest BCUT2D eigenvalue weighted by Gasteiger charge is -2.21. The van der Waals surface area contributed by atoms with E-state index in [0.29, 0.717) is 33.9 Å². The molecule has 1 atom stereocenters. The van der Waals surface area contributed by atoms with Crippen molar-refractivity contribution in [1.82, 2.24) is 20.1 Å². The number of carbonyl (C=O) groups is 2. The van der Waals surface area contributed by atoms with Gasteiger partial charge in [-0.2, -0.15) is 0 Å². The van der Waals surface area contributed by atoms with Gasteiger partial charge in [-0.15, -0.1) is 10.2 Å². The molecule has 1 N–H and O–H groups in total. The molecule has 0 bridgehead atoms. The van der Waals surface area contributed by atoms with Gasteiger partial charge in [0.25, 0.3) is 0 Å². The number of nitrogens with zero attached hydrogens (tertiary/aromatic N) is 3. The zero-order valence-electron chi connectivity index (χ0n) is 13.6. The molecule has 0 radical (unpaired) electrons. The number of piperidine rings is 1. The summed E-state index contributed by atoms with van der Waals surface area (Å²) in [5.74, 6) is 0.0953. The molecule has 0 aliphatic carbocycles. The van der Waals surface area contributed by atoms with E-state index in [2.05, 4.69) is 15.5 Å². The Morgan fingerprint density at radius 3 is 2.68 bits per heavy atom. The SMILES string of the molecule is CC(C)n1c(SC2CCC(=O)NC2=O)nnc1-c1ccc(Cl)cc1Cl. The number of nitrogens with one attached hydrogen (secondary N) is 1. The summed E-state index contributed by atoms with van der Waals surface area (Å²) in [5.41, 5.74) is 0.724. The highest BCUT2D eigenvalue weighted by molar-refractivity contribution is 8.00. The van der Waals surface area contributed by atoms with Crippen molar-refractivity contribution in [3.8, 4) is 11.4 Å². The standard InChI is InChI=1S/C16H16Cl2N4O2S/c1-8(2)22-14(10-4-3-9(17)7-11(10)18)20-21-16(22)25-12-5-6-13(23)19-15(12)24/h3-4,7-8,12H,5-6H2,1-2H3,(H,19,23,24). The van der Waals surface area contributed by atoms with E-state index < -0.39 is 0 Å². The van der Waals surface area contributed by atoms with E-state index in [1.54, 1.807) is 18.2 Å². The van der Waals surface area contributed by atoms with E-state index in [1.807, 2.05) is 18.4 Å². The first kappa shape index (κ1) is 18.2. The minimum Gasteiger partial charge on any atom is -0.299 e. The van der Waals surface area contributed by atoms with Crippen molar-refractivity contribution in [2.75, 3.05) is 0 Å². The van der Waals surface area contributed by atoms with Crippen LogP contribution in [0.15, 0.2) is 23.4 Å². The summed E-state index contributed by atoms with van der Waals surface area (Å²) in [5, 5.41) is 12.2. The lowest BCUT2D eigenvalue weighted by atomic mass is 10.1. The Hall–Kier alpha value is -1.57. The Kier molecular flexibility index (Phi) is 5.36. The Morgan fingerprint density at radius 2 is 2.04 bits per heavy atom. The van der Waals surface area contributed by atoms with Crippen LogP contribution < -0.4 is 5.32 Å². The van der Waals surface area contributed by atoms with Crippen LogP contribution in [0.3, 0.4) is 0 Å². The summed E-state index contributed by atoms with van der Waals surface area (Å²) in [4.78, 5) is 23.3. The first-order chi connectivity index (χ1) is 11.9. The molecule has 1 aliphatic rings. The fraction of sp³-hybridized carbons (Fsp3) is 0.375. The first-order valence-electron chi connectivity index (χ1n) is 7.77. The van der Waals surface area contributed by atoms with Crippen LogP contribution >= 0.6 is 35.0 Å². The van der Waals surface area contributed by atoms with Crippen LogP contribution in [0.2, 0.25) is 10.0 Å². The number of benzene rings is 1. The van der Waals surface area contributed by atoms with Crippen molar-refractivity contribution in [3.63, 3.8) is 0 Å². The number of rotatable bonds is 4. The van der Waals surface area contributed by atoms with Gasteiger partial charge < -0.3 is 0 Å². The van der Waals surface area contributed by atoms with Crippen LogP contribution in [-0.2, 0) is 9.59 Å². The zero-order valence-corrected chi connectivity index (χ0v) is 16.0. The minimum atomic E-state index is -0.368. The van der Waals surface area contributed by atoms with E-state index in [9.17, 15) is 9.59 Å². The number of thioether (sulfide) groups is 1. The van der Waals surface area contributed by atoms with Crippen molar-refractivity contribution in [3.05, 3.63) is 28.2 Å². The molecule has 2 aromatic rings. The van der Waals surface area contributed by atoms with Crippen LogP contribution in [0.25, 0.3) is 11.4 Å². The second-order valence-electron chi connectivity index (χ2n) is 5.95. The van der Waals surface area contributed by atoms with Gasteiger partial charge in [0.2, 0.25) is 11.8 Å². The second-order valence-corrected chi connectivity index (χ2v) is 7.97. The predicted octanol–water partition coefficient (Wildman–Crippen LogP) is 3.73. The third-order valence-electron chi connectivity index (χ3n) is 3.79. The molecule has 2 heterocycles. The fourth-order valence-electron chi connectivity index (χ4n) is 2.59. The van der Waals surface area contributed by atoms with Gasteiger partial charge in [-0.3, -0.25) is 19.5 Å². The summed E-state index contributed by atoms with van der Waals surface area (Å²) in [6, 6.07) is 5.26. The normalized spacial score (nSPS) is 17.9. The Bertz CT molecular complexity index is 838. The lowest BCUT2D eigenvalue weighted by molar-refractivity contribution is -0.132. The topological polar surface area (TPSA) is 76.9 Å². The molecule has 1 fully saturated rings. The van der Waals surface area contributed by atoms with E-state index >= 15 is 0 Å².